The number of methoxy groups -OCH3 is 1. The Morgan fingerprint density at radius 3 is 2.18 bits per heavy atom. The van der Waals surface area contributed by atoms with Gasteiger partial charge in [0, 0.05) is 24.0 Å². The van der Waals surface area contributed by atoms with E-state index in [2.05, 4.69) is 10.1 Å². The number of non-ortho nitro benzene ring substituents is 1. The minimum Gasteiger partial charge on any atom is -0.465 e. The predicted molar refractivity (Wildman–Crippen MR) is 99.9 cm³/mol. The van der Waals surface area contributed by atoms with Crippen molar-refractivity contribution in [2.45, 2.75) is 17.9 Å². The molecule has 9 nitrogen and oxygen atoms in total. The van der Waals surface area contributed by atoms with Gasteiger partial charge in [-0.2, -0.15) is 0 Å². The SMILES string of the molecule is COC(=O)c1cc(C(=O)N[C@@H](C)c2ccc(S(C)(=O)=O)cc2)cc([N+](=O)[O-])c1. The maximum atomic E-state index is 12.5. The molecule has 0 aliphatic carbocycles. The number of hydrogen-bond acceptors (Lipinski definition) is 7. The Balaban J connectivity index is 2.27. The highest BCUT2D eigenvalue weighted by molar-refractivity contribution is 7.90. The number of nitro benzene ring substituents is 1. The number of esters is 1. The highest BCUT2D eigenvalue weighted by atomic mass is 32.2. The zero-order valence-electron chi connectivity index (χ0n) is 15.3. The van der Waals surface area contributed by atoms with Crippen molar-refractivity contribution >= 4 is 27.4 Å². The summed E-state index contributed by atoms with van der Waals surface area (Å²) in [6.07, 6.45) is 1.09. The normalized spacial score (nSPS) is 12.1. The minimum atomic E-state index is -3.33. The Labute approximate surface area is 161 Å². The van der Waals surface area contributed by atoms with Gasteiger partial charge >= 0.3 is 5.97 Å². The van der Waals surface area contributed by atoms with Crippen molar-refractivity contribution in [3.8, 4) is 0 Å². The molecule has 0 unspecified atom stereocenters. The Bertz CT molecular complexity index is 1030. The first-order valence-corrected chi connectivity index (χ1v) is 9.90. The van der Waals surface area contributed by atoms with E-state index in [9.17, 15) is 28.1 Å². The average molecular weight is 406 g/mol. The summed E-state index contributed by atoms with van der Waals surface area (Å²) in [6, 6.07) is 8.75. The second-order valence-electron chi connectivity index (χ2n) is 6.05. The molecule has 2 rings (SSSR count). The maximum Gasteiger partial charge on any atom is 0.338 e. The van der Waals surface area contributed by atoms with Crippen LogP contribution in [0.2, 0.25) is 0 Å². The Morgan fingerprint density at radius 1 is 1.11 bits per heavy atom. The van der Waals surface area contributed by atoms with E-state index in [1.165, 1.54) is 18.2 Å². The molecule has 0 aliphatic heterocycles. The highest BCUT2D eigenvalue weighted by Crippen LogP contribution is 2.20. The molecule has 10 heteroatoms. The number of nitrogens with one attached hydrogen (secondary N) is 1. The number of carbonyl (C=O) groups excluding carboxylic acids is 2. The summed E-state index contributed by atoms with van der Waals surface area (Å²) in [5.41, 5.74) is 0.0267. The molecule has 0 bridgehead atoms. The van der Waals surface area contributed by atoms with Crippen LogP contribution in [0.4, 0.5) is 5.69 Å². The summed E-state index contributed by atoms with van der Waals surface area (Å²) in [7, 11) is -2.21. The van der Waals surface area contributed by atoms with Crippen LogP contribution in [0.1, 0.15) is 39.2 Å². The second-order valence-corrected chi connectivity index (χ2v) is 8.07. The molecule has 0 saturated heterocycles. The molecule has 28 heavy (non-hydrogen) atoms. The Morgan fingerprint density at radius 2 is 1.68 bits per heavy atom. The van der Waals surface area contributed by atoms with Gasteiger partial charge in [0.15, 0.2) is 9.84 Å². The van der Waals surface area contributed by atoms with Gasteiger partial charge in [-0.3, -0.25) is 14.9 Å². The first kappa shape index (κ1) is 21.0. The molecule has 2 aromatic rings. The number of carbonyl (C=O) groups is 2. The molecule has 0 fully saturated rings. The lowest BCUT2D eigenvalue weighted by atomic mass is 10.1. The van der Waals surface area contributed by atoms with E-state index in [4.69, 9.17) is 0 Å². The van der Waals surface area contributed by atoms with Crippen molar-refractivity contribution in [1.29, 1.82) is 0 Å². The number of benzene rings is 2. The van der Waals surface area contributed by atoms with Crippen LogP contribution in [0.15, 0.2) is 47.4 Å². The molecule has 1 atom stereocenters. The van der Waals surface area contributed by atoms with E-state index in [0.717, 1.165) is 25.5 Å². The van der Waals surface area contributed by atoms with E-state index >= 15 is 0 Å². The summed E-state index contributed by atoms with van der Waals surface area (Å²) < 4.78 is 27.6. The molecule has 148 valence electrons. The average Bonchev–Trinajstić information content (AvgIpc) is 2.66. The smallest absolute Gasteiger partial charge is 0.338 e. The summed E-state index contributed by atoms with van der Waals surface area (Å²) in [6.45, 7) is 1.67. The van der Waals surface area contributed by atoms with Gasteiger partial charge in [-0.1, -0.05) is 12.1 Å². The second kappa shape index (κ2) is 8.17. The van der Waals surface area contributed by atoms with E-state index in [0.29, 0.717) is 5.56 Å². The zero-order valence-corrected chi connectivity index (χ0v) is 16.1. The number of sulfone groups is 1. The molecule has 0 heterocycles. The minimum absolute atomic E-state index is 0.0748. The monoisotopic (exact) mass is 406 g/mol. The number of ether oxygens (including phenoxy) is 1. The maximum absolute atomic E-state index is 12.5. The Kier molecular flexibility index (Phi) is 6.14. The summed E-state index contributed by atoms with van der Waals surface area (Å²) in [4.78, 5) is 34.7. The van der Waals surface area contributed by atoms with Crippen molar-refractivity contribution in [1.82, 2.24) is 5.32 Å². The van der Waals surface area contributed by atoms with Crippen LogP contribution in [0.25, 0.3) is 0 Å². The third-order valence-electron chi connectivity index (χ3n) is 3.97. The van der Waals surface area contributed by atoms with Crippen LogP contribution >= 0.6 is 0 Å². The molecule has 2 aromatic carbocycles. The van der Waals surface area contributed by atoms with Gasteiger partial charge in [0.05, 0.1) is 28.5 Å². The van der Waals surface area contributed by atoms with Gasteiger partial charge in [-0.05, 0) is 30.7 Å². The van der Waals surface area contributed by atoms with Crippen molar-refractivity contribution in [3.05, 3.63) is 69.3 Å². The predicted octanol–water partition coefficient (Wildman–Crippen LogP) is 2.28. The largest absolute Gasteiger partial charge is 0.465 e. The molecule has 1 N–H and O–H groups in total. The quantitative estimate of drug-likeness (QED) is 0.442. The van der Waals surface area contributed by atoms with Gasteiger partial charge in [-0.25, -0.2) is 13.2 Å². The number of nitro groups is 1. The summed E-state index contributed by atoms with van der Waals surface area (Å²) in [5, 5.41) is 13.7. The first-order valence-electron chi connectivity index (χ1n) is 8.01. The fourth-order valence-corrected chi connectivity index (χ4v) is 3.08. The standard InChI is InChI=1S/C18H18N2O7S/c1-11(12-4-6-16(7-5-12)28(3,25)26)19-17(21)13-8-14(18(22)27-2)10-15(9-13)20(23)24/h4-11H,1-3H3,(H,19,21)/t11-/m0/s1. The molecule has 0 aliphatic rings. The number of hydrogen-bond donors (Lipinski definition) is 1. The molecule has 0 radical (unpaired) electrons. The van der Waals surface area contributed by atoms with E-state index in [1.54, 1.807) is 19.1 Å². The number of amides is 1. The first-order chi connectivity index (χ1) is 13.0. The number of rotatable bonds is 6. The van der Waals surface area contributed by atoms with Crippen molar-refractivity contribution in [2.75, 3.05) is 13.4 Å². The fourth-order valence-electron chi connectivity index (χ4n) is 2.45. The lowest BCUT2D eigenvalue weighted by Gasteiger charge is -2.15. The van der Waals surface area contributed by atoms with Gasteiger partial charge in [0.1, 0.15) is 0 Å². The van der Waals surface area contributed by atoms with Crippen LogP contribution < -0.4 is 5.32 Å². The number of nitrogens with zero attached hydrogens (tertiary/aromatic N) is 1. The van der Waals surface area contributed by atoms with Crippen LogP contribution in [0, 0.1) is 10.1 Å². The van der Waals surface area contributed by atoms with Gasteiger partial charge < -0.3 is 10.1 Å². The van der Waals surface area contributed by atoms with E-state index in [1.807, 2.05) is 0 Å². The highest BCUT2D eigenvalue weighted by Gasteiger charge is 2.20. The fraction of sp³-hybridized carbons (Fsp3) is 0.222. The van der Waals surface area contributed by atoms with Crippen molar-refractivity contribution < 1.29 is 27.7 Å². The molecule has 1 amide bonds. The van der Waals surface area contributed by atoms with Crippen molar-refractivity contribution in [3.63, 3.8) is 0 Å². The van der Waals surface area contributed by atoms with Crippen LogP contribution in [0.3, 0.4) is 0 Å². The van der Waals surface area contributed by atoms with E-state index < -0.39 is 38.4 Å². The van der Waals surface area contributed by atoms with Crippen molar-refractivity contribution in [2.24, 2.45) is 0 Å². The van der Waals surface area contributed by atoms with Gasteiger partial charge in [0.2, 0.25) is 0 Å². The third kappa shape index (κ3) is 4.92. The lowest BCUT2D eigenvalue weighted by molar-refractivity contribution is -0.384. The Hall–Kier alpha value is -3.27. The summed E-state index contributed by atoms with van der Waals surface area (Å²) in [5.74, 6) is -1.43. The van der Waals surface area contributed by atoms with Gasteiger partial charge in [0.25, 0.3) is 11.6 Å². The van der Waals surface area contributed by atoms with Crippen LogP contribution in [-0.4, -0.2) is 38.6 Å². The molecule has 0 saturated carbocycles. The zero-order chi connectivity index (χ0) is 21.1. The molecule has 0 aromatic heterocycles. The van der Waals surface area contributed by atoms with Crippen LogP contribution in [0.5, 0.6) is 0 Å². The van der Waals surface area contributed by atoms with Crippen LogP contribution in [-0.2, 0) is 14.6 Å². The van der Waals surface area contributed by atoms with E-state index in [-0.39, 0.29) is 16.0 Å². The molecule has 0 spiro atoms. The third-order valence-corrected chi connectivity index (χ3v) is 5.10. The topological polar surface area (TPSA) is 133 Å². The lowest BCUT2D eigenvalue weighted by Crippen LogP contribution is -2.27. The summed E-state index contributed by atoms with van der Waals surface area (Å²) >= 11 is 0. The molecular formula is C18H18N2O7S. The molecular weight excluding hydrogens is 388 g/mol. The van der Waals surface area contributed by atoms with Gasteiger partial charge in [-0.15, -0.1) is 0 Å².